The topological polar surface area (TPSA) is 84.9 Å². The maximum atomic E-state index is 13.1. The number of hydrogen-bond donors (Lipinski definition) is 1. The lowest BCUT2D eigenvalue weighted by atomic mass is 10.1. The van der Waals surface area contributed by atoms with Crippen molar-refractivity contribution in [2.75, 3.05) is 12.0 Å². The molecule has 1 N–H and O–H groups in total. The van der Waals surface area contributed by atoms with Crippen LogP contribution in [0, 0.1) is 0 Å². The number of nitrogens with zero attached hydrogens (tertiary/aromatic N) is 1. The Balaban J connectivity index is 1.59. The second kappa shape index (κ2) is 10.4. The fourth-order valence-corrected chi connectivity index (χ4v) is 3.86. The Kier molecular flexibility index (Phi) is 7.31. The SMILES string of the molecule is COc1cc(/C=C2\C(=O)NC(=O)N(c3cccc(Cl)c3)C2=O)ccc1OCc1ccc(Cl)c(Cl)c1. The molecule has 0 aromatic heterocycles. The smallest absolute Gasteiger partial charge is 0.335 e. The van der Waals surface area contributed by atoms with E-state index >= 15 is 0 Å². The predicted octanol–water partition coefficient (Wildman–Crippen LogP) is 5.90. The lowest BCUT2D eigenvalue weighted by molar-refractivity contribution is -0.122. The molecule has 7 nitrogen and oxygen atoms in total. The molecule has 1 aliphatic heterocycles. The maximum Gasteiger partial charge on any atom is 0.335 e. The van der Waals surface area contributed by atoms with Crippen molar-refractivity contribution in [3.63, 3.8) is 0 Å². The van der Waals surface area contributed by atoms with Crippen LogP contribution in [-0.4, -0.2) is 25.0 Å². The Morgan fingerprint density at radius 1 is 0.914 bits per heavy atom. The average molecular weight is 532 g/mol. The number of amides is 4. The van der Waals surface area contributed by atoms with E-state index in [4.69, 9.17) is 44.3 Å². The molecule has 0 saturated carbocycles. The number of urea groups is 1. The van der Waals surface area contributed by atoms with Gasteiger partial charge in [-0.05, 0) is 59.7 Å². The number of barbiturate groups is 1. The molecule has 1 saturated heterocycles. The average Bonchev–Trinajstić information content (AvgIpc) is 2.82. The summed E-state index contributed by atoms with van der Waals surface area (Å²) in [5.41, 5.74) is 1.31. The highest BCUT2D eigenvalue weighted by molar-refractivity contribution is 6.42. The molecule has 0 spiro atoms. The number of benzene rings is 3. The zero-order chi connectivity index (χ0) is 25.1. The summed E-state index contributed by atoms with van der Waals surface area (Å²) < 4.78 is 11.3. The number of imide groups is 2. The minimum Gasteiger partial charge on any atom is -0.493 e. The molecule has 0 aliphatic carbocycles. The molecule has 1 heterocycles. The van der Waals surface area contributed by atoms with Crippen molar-refractivity contribution in [1.29, 1.82) is 0 Å². The summed E-state index contributed by atoms with van der Waals surface area (Å²) in [5, 5.41) is 3.38. The molecule has 35 heavy (non-hydrogen) atoms. The highest BCUT2D eigenvalue weighted by atomic mass is 35.5. The molecule has 3 aromatic carbocycles. The summed E-state index contributed by atoms with van der Waals surface area (Å²) >= 11 is 18.0. The number of carbonyl (C=O) groups is 3. The van der Waals surface area contributed by atoms with Gasteiger partial charge < -0.3 is 9.47 Å². The summed E-state index contributed by atoms with van der Waals surface area (Å²) in [6, 6.07) is 15.4. The first-order valence-corrected chi connectivity index (χ1v) is 11.3. The number of hydrogen-bond acceptors (Lipinski definition) is 5. The van der Waals surface area contributed by atoms with Crippen LogP contribution in [0.25, 0.3) is 6.08 Å². The van der Waals surface area contributed by atoms with E-state index in [9.17, 15) is 14.4 Å². The summed E-state index contributed by atoms with van der Waals surface area (Å²) in [5.74, 6) is -0.765. The number of nitrogens with one attached hydrogen (secondary N) is 1. The van der Waals surface area contributed by atoms with Crippen LogP contribution >= 0.6 is 34.8 Å². The van der Waals surface area contributed by atoms with Gasteiger partial charge in [0.1, 0.15) is 12.2 Å². The third-order valence-corrected chi connectivity index (χ3v) is 6.02. The molecule has 1 fully saturated rings. The molecule has 0 bridgehead atoms. The van der Waals surface area contributed by atoms with E-state index in [0.29, 0.717) is 32.1 Å². The maximum absolute atomic E-state index is 13.1. The van der Waals surface area contributed by atoms with Gasteiger partial charge in [0.15, 0.2) is 11.5 Å². The number of halogens is 3. The largest absolute Gasteiger partial charge is 0.493 e. The van der Waals surface area contributed by atoms with Crippen molar-refractivity contribution >= 4 is 64.4 Å². The van der Waals surface area contributed by atoms with Gasteiger partial charge in [-0.3, -0.25) is 14.9 Å². The fraction of sp³-hybridized carbons (Fsp3) is 0.0800. The van der Waals surface area contributed by atoms with Crippen molar-refractivity contribution in [2.45, 2.75) is 6.61 Å². The molecule has 0 unspecified atom stereocenters. The number of methoxy groups -OCH3 is 1. The standard InChI is InChI=1S/C25H17Cl3N2O5/c1-34-22-11-14(6-8-21(22)35-13-15-5-7-19(27)20(28)10-15)9-18-23(31)29-25(33)30(24(18)32)17-4-2-3-16(26)12-17/h2-12H,13H2,1H3,(H,29,31,33)/b18-9+. The Bertz CT molecular complexity index is 1370. The number of ether oxygens (including phenoxy) is 2. The van der Waals surface area contributed by atoms with E-state index in [2.05, 4.69) is 5.32 Å². The highest BCUT2D eigenvalue weighted by Gasteiger charge is 2.36. The monoisotopic (exact) mass is 530 g/mol. The van der Waals surface area contributed by atoms with Crippen molar-refractivity contribution in [3.05, 3.63) is 92.4 Å². The first kappa shape index (κ1) is 24.6. The zero-order valence-corrected chi connectivity index (χ0v) is 20.4. The lowest BCUT2D eigenvalue weighted by Gasteiger charge is -2.26. The molecule has 10 heteroatoms. The van der Waals surface area contributed by atoms with Gasteiger partial charge in [-0.2, -0.15) is 0 Å². The first-order chi connectivity index (χ1) is 16.8. The molecular weight excluding hydrogens is 515 g/mol. The van der Waals surface area contributed by atoms with Gasteiger partial charge >= 0.3 is 6.03 Å². The van der Waals surface area contributed by atoms with Gasteiger partial charge in [0.25, 0.3) is 11.8 Å². The van der Waals surface area contributed by atoms with Gasteiger partial charge in [0.05, 0.1) is 22.8 Å². The molecule has 0 radical (unpaired) electrons. The van der Waals surface area contributed by atoms with Gasteiger partial charge in [-0.25, -0.2) is 9.69 Å². The van der Waals surface area contributed by atoms with Gasteiger partial charge in [0, 0.05) is 5.02 Å². The molecule has 4 amide bonds. The highest BCUT2D eigenvalue weighted by Crippen LogP contribution is 2.31. The van der Waals surface area contributed by atoms with Crippen LogP contribution in [0.3, 0.4) is 0 Å². The van der Waals surface area contributed by atoms with Gasteiger partial charge in [0.2, 0.25) is 0 Å². The Labute approximate surface area is 215 Å². The zero-order valence-electron chi connectivity index (χ0n) is 18.2. The number of anilines is 1. The molecular formula is C25H17Cl3N2O5. The molecule has 1 aliphatic rings. The summed E-state index contributed by atoms with van der Waals surface area (Å²) in [6.45, 7) is 0.214. The predicted molar refractivity (Wildman–Crippen MR) is 134 cm³/mol. The first-order valence-electron chi connectivity index (χ1n) is 10.2. The summed E-state index contributed by atoms with van der Waals surface area (Å²) in [4.78, 5) is 38.7. The minimum absolute atomic E-state index is 0.214. The van der Waals surface area contributed by atoms with Crippen LogP contribution in [0.5, 0.6) is 11.5 Å². The quantitative estimate of drug-likeness (QED) is 0.316. The van der Waals surface area contributed by atoms with Crippen LogP contribution in [-0.2, 0) is 16.2 Å². The Morgan fingerprint density at radius 2 is 1.71 bits per heavy atom. The van der Waals surface area contributed by atoms with E-state index < -0.39 is 17.8 Å². The molecule has 178 valence electrons. The van der Waals surface area contributed by atoms with Crippen LogP contribution < -0.4 is 19.7 Å². The van der Waals surface area contributed by atoms with E-state index in [1.165, 1.54) is 19.3 Å². The minimum atomic E-state index is -0.858. The number of rotatable bonds is 6. The third-order valence-electron chi connectivity index (χ3n) is 5.05. The molecule has 4 rings (SSSR count). The summed E-state index contributed by atoms with van der Waals surface area (Å²) in [7, 11) is 1.47. The van der Waals surface area contributed by atoms with E-state index in [0.717, 1.165) is 10.5 Å². The molecule has 0 atom stereocenters. The van der Waals surface area contributed by atoms with E-state index in [1.54, 1.807) is 54.6 Å². The third kappa shape index (κ3) is 5.43. The van der Waals surface area contributed by atoms with Crippen LogP contribution in [0.4, 0.5) is 10.5 Å². The second-order valence-corrected chi connectivity index (χ2v) is 8.64. The van der Waals surface area contributed by atoms with Gasteiger partial charge in [-0.15, -0.1) is 0 Å². The van der Waals surface area contributed by atoms with Crippen LogP contribution in [0.2, 0.25) is 15.1 Å². The summed E-state index contributed by atoms with van der Waals surface area (Å²) in [6.07, 6.45) is 1.37. The van der Waals surface area contributed by atoms with Gasteiger partial charge in [-0.1, -0.05) is 53.0 Å². The second-order valence-electron chi connectivity index (χ2n) is 7.39. The van der Waals surface area contributed by atoms with Crippen LogP contribution in [0.1, 0.15) is 11.1 Å². The fourth-order valence-electron chi connectivity index (χ4n) is 3.36. The Morgan fingerprint density at radius 3 is 2.43 bits per heavy atom. The lowest BCUT2D eigenvalue weighted by Crippen LogP contribution is -2.54. The van der Waals surface area contributed by atoms with Crippen molar-refractivity contribution in [3.8, 4) is 11.5 Å². The normalized spacial score (nSPS) is 14.8. The Hall–Kier alpha value is -3.52. The van der Waals surface area contributed by atoms with Crippen molar-refractivity contribution in [1.82, 2.24) is 5.32 Å². The van der Waals surface area contributed by atoms with E-state index in [1.807, 2.05) is 0 Å². The van der Waals surface area contributed by atoms with Crippen LogP contribution in [0.15, 0.2) is 66.2 Å². The number of carbonyl (C=O) groups excluding carboxylic acids is 3. The van der Waals surface area contributed by atoms with Crippen molar-refractivity contribution in [2.24, 2.45) is 0 Å². The van der Waals surface area contributed by atoms with E-state index in [-0.39, 0.29) is 17.9 Å². The van der Waals surface area contributed by atoms with Crippen molar-refractivity contribution < 1.29 is 23.9 Å². The molecule has 3 aromatic rings.